The molecule has 7 nitrogen and oxygen atoms in total. The van der Waals surface area contributed by atoms with E-state index < -0.39 is 4.92 Å². The summed E-state index contributed by atoms with van der Waals surface area (Å²) in [7, 11) is 0. The summed E-state index contributed by atoms with van der Waals surface area (Å²) in [5.41, 5.74) is 1.81. The zero-order valence-corrected chi connectivity index (χ0v) is 14.5. The van der Waals surface area contributed by atoms with Crippen molar-refractivity contribution in [2.75, 3.05) is 12.1 Å². The molecule has 1 N–H and O–H groups in total. The number of aromatic nitrogens is 1. The standard InChI is InChI=1S/C15H10BrN3O4S/c16-10-3-8(4-12-14(10)23-7-22-12)6-17-15-18-11-2-1-9(19(20)21)5-13(11)24-15/h1-5H,6-7H2,(H,17,18). The second-order valence-electron chi connectivity index (χ2n) is 5.09. The van der Waals surface area contributed by atoms with Crippen molar-refractivity contribution < 1.29 is 14.4 Å². The smallest absolute Gasteiger partial charge is 0.270 e. The summed E-state index contributed by atoms with van der Waals surface area (Å²) < 4.78 is 12.4. The summed E-state index contributed by atoms with van der Waals surface area (Å²) in [4.78, 5) is 14.9. The summed E-state index contributed by atoms with van der Waals surface area (Å²) in [6, 6.07) is 8.53. The van der Waals surface area contributed by atoms with E-state index in [4.69, 9.17) is 9.47 Å². The fourth-order valence-electron chi connectivity index (χ4n) is 2.40. The predicted octanol–water partition coefficient (Wildman–Crippen LogP) is 4.31. The summed E-state index contributed by atoms with van der Waals surface area (Å²) in [5.74, 6) is 1.42. The molecule has 0 fully saturated rings. The third kappa shape index (κ3) is 2.76. The largest absolute Gasteiger partial charge is 0.454 e. The molecule has 0 atom stereocenters. The Morgan fingerprint density at radius 1 is 1.33 bits per heavy atom. The van der Waals surface area contributed by atoms with E-state index in [1.165, 1.54) is 23.5 Å². The first-order valence-electron chi connectivity index (χ1n) is 6.97. The lowest BCUT2D eigenvalue weighted by Gasteiger charge is -2.06. The minimum atomic E-state index is -0.406. The number of halogens is 1. The number of ether oxygens (including phenoxy) is 2. The van der Waals surface area contributed by atoms with Crippen LogP contribution in [0.4, 0.5) is 10.8 Å². The predicted molar refractivity (Wildman–Crippen MR) is 93.9 cm³/mol. The minimum absolute atomic E-state index is 0.0670. The van der Waals surface area contributed by atoms with Crippen LogP contribution in [0.3, 0.4) is 0 Å². The molecule has 24 heavy (non-hydrogen) atoms. The number of hydrogen-bond acceptors (Lipinski definition) is 7. The van der Waals surface area contributed by atoms with Crippen molar-refractivity contribution in [1.29, 1.82) is 0 Å². The Morgan fingerprint density at radius 2 is 2.21 bits per heavy atom. The topological polar surface area (TPSA) is 86.5 Å². The highest BCUT2D eigenvalue weighted by atomic mass is 79.9. The molecule has 122 valence electrons. The Labute approximate surface area is 148 Å². The number of hydrogen-bond donors (Lipinski definition) is 1. The Bertz CT molecular complexity index is 959. The number of nitro benzene ring substituents is 1. The number of anilines is 1. The average molecular weight is 408 g/mol. The van der Waals surface area contributed by atoms with Gasteiger partial charge in [0, 0.05) is 18.7 Å². The summed E-state index contributed by atoms with van der Waals surface area (Å²) >= 11 is 4.85. The monoisotopic (exact) mass is 407 g/mol. The van der Waals surface area contributed by atoms with E-state index in [9.17, 15) is 10.1 Å². The lowest BCUT2D eigenvalue weighted by atomic mass is 10.2. The molecule has 1 aromatic heterocycles. The molecule has 4 rings (SSSR count). The number of fused-ring (bicyclic) bond motifs is 2. The molecule has 0 amide bonds. The fourth-order valence-corrected chi connectivity index (χ4v) is 3.90. The van der Waals surface area contributed by atoms with Gasteiger partial charge < -0.3 is 14.8 Å². The molecular formula is C15H10BrN3O4S. The van der Waals surface area contributed by atoms with Crippen LogP contribution in [-0.2, 0) is 6.54 Å². The van der Waals surface area contributed by atoms with Gasteiger partial charge in [0.1, 0.15) is 0 Å². The molecule has 1 aliphatic rings. The Balaban J connectivity index is 1.54. The van der Waals surface area contributed by atoms with Crippen molar-refractivity contribution in [3.05, 3.63) is 50.5 Å². The van der Waals surface area contributed by atoms with E-state index in [1.807, 2.05) is 12.1 Å². The lowest BCUT2D eigenvalue weighted by Crippen LogP contribution is -1.99. The van der Waals surface area contributed by atoms with E-state index in [1.54, 1.807) is 6.07 Å². The maximum absolute atomic E-state index is 10.8. The van der Waals surface area contributed by atoms with Gasteiger partial charge in [-0.1, -0.05) is 11.3 Å². The van der Waals surface area contributed by atoms with Crippen LogP contribution >= 0.6 is 27.3 Å². The van der Waals surface area contributed by atoms with Gasteiger partial charge in [0.05, 0.1) is 19.6 Å². The zero-order chi connectivity index (χ0) is 16.7. The van der Waals surface area contributed by atoms with Crippen molar-refractivity contribution in [3.63, 3.8) is 0 Å². The first-order chi connectivity index (χ1) is 11.6. The van der Waals surface area contributed by atoms with E-state index in [0.29, 0.717) is 23.2 Å². The van der Waals surface area contributed by atoms with Crippen LogP contribution in [0.2, 0.25) is 0 Å². The summed E-state index contributed by atoms with van der Waals surface area (Å²) in [6.07, 6.45) is 0. The summed E-state index contributed by atoms with van der Waals surface area (Å²) in [5, 5.41) is 14.8. The number of nitrogens with zero attached hydrogens (tertiary/aromatic N) is 2. The van der Waals surface area contributed by atoms with Crippen molar-refractivity contribution in [1.82, 2.24) is 4.98 Å². The highest BCUT2D eigenvalue weighted by Crippen LogP contribution is 2.40. The van der Waals surface area contributed by atoms with Crippen molar-refractivity contribution >= 4 is 48.3 Å². The SMILES string of the molecule is O=[N+]([O-])c1ccc2nc(NCc3cc(Br)c4c(c3)OCO4)sc2c1. The highest BCUT2D eigenvalue weighted by molar-refractivity contribution is 9.10. The van der Waals surface area contributed by atoms with E-state index in [-0.39, 0.29) is 12.5 Å². The van der Waals surface area contributed by atoms with Crippen LogP contribution in [-0.4, -0.2) is 16.7 Å². The highest BCUT2D eigenvalue weighted by Gasteiger charge is 2.18. The molecule has 3 aromatic rings. The minimum Gasteiger partial charge on any atom is -0.454 e. The molecule has 0 bridgehead atoms. The zero-order valence-electron chi connectivity index (χ0n) is 12.1. The number of nitrogens with one attached hydrogen (secondary N) is 1. The normalized spacial score (nSPS) is 12.5. The van der Waals surface area contributed by atoms with Gasteiger partial charge in [-0.3, -0.25) is 10.1 Å². The maximum Gasteiger partial charge on any atom is 0.270 e. The maximum atomic E-state index is 10.8. The average Bonchev–Trinajstić information content (AvgIpc) is 3.18. The van der Waals surface area contributed by atoms with Gasteiger partial charge in [-0.15, -0.1) is 0 Å². The van der Waals surface area contributed by atoms with Crippen LogP contribution < -0.4 is 14.8 Å². The van der Waals surface area contributed by atoms with Gasteiger partial charge in [0.25, 0.3) is 5.69 Å². The molecule has 9 heteroatoms. The molecule has 1 aliphatic heterocycles. The second-order valence-corrected chi connectivity index (χ2v) is 6.98. The number of non-ortho nitro benzene ring substituents is 1. The molecule has 2 heterocycles. The van der Waals surface area contributed by atoms with E-state index >= 15 is 0 Å². The van der Waals surface area contributed by atoms with Crippen molar-refractivity contribution in [3.8, 4) is 11.5 Å². The first kappa shape index (κ1) is 15.2. The quantitative estimate of drug-likeness (QED) is 0.512. The van der Waals surface area contributed by atoms with E-state index in [2.05, 4.69) is 26.2 Å². The molecule has 2 aromatic carbocycles. The Hall–Kier alpha value is -2.39. The fraction of sp³-hybridized carbons (Fsp3) is 0.133. The van der Waals surface area contributed by atoms with Gasteiger partial charge in [-0.05, 0) is 39.7 Å². The third-order valence-corrected chi connectivity index (χ3v) is 5.08. The molecule has 0 radical (unpaired) electrons. The number of rotatable bonds is 4. The Morgan fingerprint density at radius 3 is 3.04 bits per heavy atom. The number of benzene rings is 2. The molecule has 0 unspecified atom stereocenters. The van der Waals surface area contributed by atoms with Crippen LogP contribution in [0.5, 0.6) is 11.5 Å². The van der Waals surface area contributed by atoms with Crippen molar-refractivity contribution in [2.45, 2.75) is 6.54 Å². The van der Waals surface area contributed by atoms with Gasteiger partial charge in [0.15, 0.2) is 16.6 Å². The molecule has 0 aliphatic carbocycles. The third-order valence-electron chi connectivity index (χ3n) is 3.51. The Kier molecular flexibility index (Phi) is 3.73. The molecule has 0 saturated carbocycles. The van der Waals surface area contributed by atoms with Crippen LogP contribution in [0.25, 0.3) is 10.2 Å². The first-order valence-corrected chi connectivity index (χ1v) is 8.58. The van der Waals surface area contributed by atoms with Crippen LogP contribution in [0.1, 0.15) is 5.56 Å². The lowest BCUT2D eigenvalue weighted by molar-refractivity contribution is -0.384. The molecule has 0 saturated heterocycles. The van der Waals surface area contributed by atoms with Gasteiger partial charge >= 0.3 is 0 Å². The van der Waals surface area contributed by atoms with Gasteiger partial charge in [0.2, 0.25) is 6.79 Å². The van der Waals surface area contributed by atoms with E-state index in [0.717, 1.165) is 20.3 Å². The van der Waals surface area contributed by atoms with Crippen LogP contribution in [0.15, 0.2) is 34.8 Å². The summed E-state index contributed by atoms with van der Waals surface area (Å²) in [6.45, 7) is 0.776. The number of thiazole rings is 1. The second kappa shape index (κ2) is 5.91. The molecular weight excluding hydrogens is 398 g/mol. The van der Waals surface area contributed by atoms with Gasteiger partial charge in [-0.25, -0.2) is 4.98 Å². The molecule has 0 spiro atoms. The number of nitro groups is 1. The van der Waals surface area contributed by atoms with Crippen LogP contribution in [0, 0.1) is 10.1 Å². The van der Waals surface area contributed by atoms with Gasteiger partial charge in [-0.2, -0.15) is 0 Å². The van der Waals surface area contributed by atoms with Crippen molar-refractivity contribution in [2.24, 2.45) is 0 Å².